The van der Waals surface area contributed by atoms with Crippen LogP contribution in [0.3, 0.4) is 0 Å². The molecule has 1 aliphatic rings. The SMILES string of the molecule is C[C@H](NCc1ccc(OCc2ccc(C(F)(F)F)c(F)c2)c2c1CCCC2)C(N)=O. The van der Waals surface area contributed by atoms with Crippen LogP contribution in [0, 0.1) is 5.82 Å². The molecule has 0 aromatic heterocycles. The zero-order chi connectivity index (χ0) is 21.9. The maximum atomic E-state index is 13.8. The number of hydrogen-bond acceptors (Lipinski definition) is 3. The number of hydrogen-bond donors (Lipinski definition) is 2. The summed E-state index contributed by atoms with van der Waals surface area (Å²) in [4.78, 5) is 11.2. The third-order valence-electron chi connectivity index (χ3n) is 5.35. The van der Waals surface area contributed by atoms with Gasteiger partial charge in [0.25, 0.3) is 0 Å². The van der Waals surface area contributed by atoms with Crippen LogP contribution in [0.25, 0.3) is 0 Å². The van der Waals surface area contributed by atoms with Crippen LogP contribution in [0.2, 0.25) is 0 Å². The number of primary amides is 1. The molecule has 2 aromatic carbocycles. The molecule has 30 heavy (non-hydrogen) atoms. The fourth-order valence-corrected chi connectivity index (χ4v) is 3.61. The average molecular weight is 424 g/mol. The Labute approximate surface area is 172 Å². The van der Waals surface area contributed by atoms with E-state index in [1.54, 1.807) is 6.92 Å². The minimum Gasteiger partial charge on any atom is -0.489 e. The first-order valence-corrected chi connectivity index (χ1v) is 9.81. The van der Waals surface area contributed by atoms with Gasteiger partial charge in [-0.3, -0.25) is 4.79 Å². The fraction of sp³-hybridized carbons (Fsp3) is 0.409. The predicted molar refractivity (Wildman–Crippen MR) is 104 cm³/mol. The molecule has 3 rings (SSSR count). The fourth-order valence-electron chi connectivity index (χ4n) is 3.61. The largest absolute Gasteiger partial charge is 0.489 e. The lowest BCUT2D eigenvalue weighted by molar-refractivity contribution is -0.140. The number of fused-ring (bicyclic) bond motifs is 1. The molecule has 0 unspecified atom stereocenters. The summed E-state index contributed by atoms with van der Waals surface area (Å²) in [5.74, 6) is -1.08. The Morgan fingerprint density at radius 3 is 2.50 bits per heavy atom. The van der Waals surface area contributed by atoms with Gasteiger partial charge < -0.3 is 15.8 Å². The predicted octanol–water partition coefficient (Wildman–Crippen LogP) is 4.27. The van der Waals surface area contributed by atoms with Crippen LogP contribution in [0.5, 0.6) is 5.75 Å². The van der Waals surface area contributed by atoms with E-state index < -0.39 is 29.5 Å². The van der Waals surface area contributed by atoms with Crippen molar-refractivity contribution in [3.05, 3.63) is 64.0 Å². The smallest absolute Gasteiger partial charge is 0.419 e. The van der Waals surface area contributed by atoms with E-state index in [4.69, 9.17) is 10.5 Å². The first kappa shape index (κ1) is 22.1. The molecule has 3 N–H and O–H groups in total. The number of amides is 1. The first-order chi connectivity index (χ1) is 14.2. The third kappa shape index (κ3) is 5.11. The highest BCUT2D eigenvalue weighted by Gasteiger charge is 2.33. The minimum atomic E-state index is -4.72. The van der Waals surface area contributed by atoms with Gasteiger partial charge in [-0.05, 0) is 73.1 Å². The molecular weight excluding hydrogens is 400 g/mol. The molecule has 0 saturated carbocycles. The molecule has 4 nitrogen and oxygen atoms in total. The van der Waals surface area contributed by atoms with Gasteiger partial charge in [0.2, 0.25) is 5.91 Å². The number of carbonyl (C=O) groups excluding carboxylic acids is 1. The first-order valence-electron chi connectivity index (χ1n) is 9.81. The van der Waals surface area contributed by atoms with Crippen LogP contribution < -0.4 is 15.8 Å². The van der Waals surface area contributed by atoms with Crippen molar-refractivity contribution in [3.63, 3.8) is 0 Å². The zero-order valence-electron chi connectivity index (χ0n) is 16.6. The highest BCUT2D eigenvalue weighted by atomic mass is 19.4. The van der Waals surface area contributed by atoms with E-state index in [0.29, 0.717) is 17.9 Å². The highest BCUT2D eigenvalue weighted by Crippen LogP contribution is 2.34. The van der Waals surface area contributed by atoms with Gasteiger partial charge in [0.1, 0.15) is 18.2 Å². The van der Waals surface area contributed by atoms with E-state index >= 15 is 0 Å². The highest BCUT2D eigenvalue weighted by molar-refractivity contribution is 5.79. The molecule has 0 saturated heterocycles. The third-order valence-corrected chi connectivity index (χ3v) is 5.35. The van der Waals surface area contributed by atoms with Crippen LogP contribution in [-0.4, -0.2) is 11.9 Å². The Hall–Kier alpha value is -2.61. The second-order valence-electron chi connectivity index (χ2n) is 7.49. The molecule has 0 bridgehead atoms. The maximum Gasteiger partial charge on any atom is 0.419 e. The Bertz CT molecular complexity index is 928. The van der Waals surface area contributed by atoms with Crippen LogP contribution >= 0.6 is 0 Å². The number of carbonyl (C=O) groups is 1. The van der Waals surface area contributed by atoms with Gasteiger partial charge in [-0.25, -0.2) is 4.39 Å². The van der Waals surface area contributed by atoms with Gasteiger partial charge in [0.05, 0.1) is 11.6 Å². The second-order valence-corrected chi connectivity index (χ2v) is 7.49. The Morgan fingerprint density at radius 1 is 1.17 bits per heavy atom. The van der Waals surface area contributed by atoms with E-state index in [2.05, 4.69) is 5.32 Å². The van der Waals surface area contributed by atoms with Crippen molar-refractivity contribution in [2.24, 2.45) is 5.73 Å². The van der Waals surface area contributed by atoms with Gasteiger partial charge >= 0.3 is 6.18 Å². The molecule has 0 heterocycles. The van der Waals surface area contributed by atoms with Crippen molar-refractivity contribution in [1.29, 1.82) is 0 Å². The summed E-state index contributed by atoms with van der Waals surface area (Å²) in [6, 6.07) is 6.10. The summed E-state index contributed by atoms with van der Waals surface area (Å²) in [5, 5.41) is 3.10. The lowest BCUT2D eigenvalue weighted by Crippen LogP contribution is -2.38. The number of halogens is 4. The summed E-state index contributed by atoms with van der Waals surface area (Å²) >= 11 is 0. The number of rotatable bonds is 7. The topological polar surface area (TPSA) is 64.3 Å². The van der Waals surface area contributed by atoms with Gasteiger partial charge in [-0.15, -0.1) is 0 Å². The monoisotopic (exact) mass is 424 g/mol. The van der Waals surface area contributed by atoms with Gasteiger partial charge in [-0.2, -0.15) is 13.2 Å². The Balaban J connectivity index is 1.75. The van der Waals surface area contributed by atoms with E-state index in [-0.39, 0.29) is 6.61 Å². The quantitative estimate of drug-likeness (QED) is 0.653. The molecule has 0 radical (unpaired) electrons. The molecule has 1 aliphatic carbocycles. The van der Waals surface area contributed by atoms with E-state index in [1.165, 1.54) is 6.07 Å². The lowest BCUT2D eigenvalue weighted by Gasteiger charge is -2.23. The normalized spacial score (nSPS) is 14.8. The molecule has 0 aliphatic heterocycles. The Morgan fingerprint density at radius 2 is 1.87 bits per heavy atom. The van der Waals surface area contributed by atoms with Crippen molar-refractivity contribution in [2.75, 3.05) is 0 Å². The van der Waals surface area contributed by atoms with Gasteiger partial charge in [0.15, 0.2) is 0 Å². The number of nitrogens with two attached hydrogens (primary N) is 1. The summed E-state index contributed by atoms with van der Waals surface area (Å²) in [5.41, 5.74) is 7.60. The van der Waals surface area contributed by atoms with Crippen LogP contribution in [0.4, 0.5) is 17.6 Å². The zero-order valence-corrected chi connectivity index (χ0v) is 16.6. The maximum absolute atomic E-state index is 13.8. The summed E-state index contributed by atoms with van der Waals surface area (Å²) in [6.45, 7) is 2.17. The lowest BCUT2D eigenvalue weighted by atomic mass is 9.87. The van der Waals surface area contributed by atoms with Gasteiger partial charge in [-0.1, -0.05) is 12.1 Å². The van der Waals surface area contributed by atoms with Crippen molar-refractivity contribution in [3.8, 4) is 5.75 Å². The molecule has 0 fully saturated rings. The van der Waals surface area contributed by atoms with Crippen LogP contribution in [0.1, 0.15) is 47.6 Å². The van der Waals surface area contributed by atoms with Crippen molar-refractivity contribution >= 4 is 5.91 Å². The number of ether oxygens (including phenoxy) is 1. The molecule has 8 heteroatoms. The molecule has 1 atom stereocenters. The summed E-state index contributed by atoms with van der Waals surface area (Å²) < 4.78 is 57.8. The summed E-state index contributed by atoms with van der Waals surface area (Å²) in [6.07, 6.45) is -0.973. The minimum absolute atomic E-state index is 0.0300. The number of alkyl halides is 3. The Kier molecular flexibility index (Phi) is 6.65. The number of benzene rings is 2. The second kappa shape index (κ2) is 9.04. The van der Waals surface area contributed by atoms with E-state index in [0.717, 1.165) is 54.5 Å². The van der Waals surface area contributed by atoms with Crippen molar-refractivity contribution in [2.45, 2.75) is 58.0 Å². The molecular formula is C22H24F4N2O2. The van der Waals surface area contributed by atoms with Gasteiger partial charge in [0, 0.05) is 6.54 Å². The molecule has 0 spiro atoms. The summed E-state index contributed by atoms with van der Waals surface area (Å²) in [7, 11) is 0. The van der Waals surface area contributed by atoms with E-state index in [1.807, 2.05) is 12.1 Å². The van der Waals surface area contributed by atoms with Crippen LogP contribution in [-0.2, 0) is 37.0 Å². The van der Waals surface area contributed by atoms with Crippen LogP contribution in [0.15, 0.2) is 30.3 Å². The number of nitrogens with one attached hydrogen (secondary N) is 1. The molecule has 1 amide bonds. The average Bonchev–Trinajstić information content (AvgIpc) is 2.69. The van der Waals surface area contributed by atoms with Crippen molar-refractivity contribution < 1.29 is 27.1 Å². The standard InChI is InChI=1S/C22H24F4N2O2/c1-13(21(27)29)28-11-15-7-9-20(17-5-3-2-4-16(15)17)30-12-14-6-8-18(19(23)10-14)22(24,25)26/h6-10,13,28H,2-5,11-12H2,1H3,(H2,27,29)/t13-/m0/s1. The molecule has 162 valence electrons. The van der Waals surface area contributed by atoms with Crippen molar-refractivity contribution in [1.82, 2.24) is 5.32 Å². The van der Waals surface area contributed by atoms with E-state index in [9.17, 15) is 22.4 Å². The molecule has 2 aromatic rings.